The Morgan fingerprint density at radius 3 is 0.680 bits per heavy atom. The fourth-order valence-electron chi connectivity index (χ4n) is 1.61. The zero-order valence-electron chi connectivity index (χ0n) is 16.5. The Labute approximate surface area is 164 Å². The quantitative estimate of drug-likeness (QED) is 0.400. The van der Waals surface area contributed by atoms with Gasteiger partial charge in [0.25, 0.3) is 0 Å². The molecule has 0 heterocycles. The fraction of sp³-hybridized carbons (Fsp3) is 1.00. The third kappa shape index (κ3) is 36.1. The monoisotopic (exact) mass is 404 g/mol. The number of rotatable bonds is 9. The second kappa shape index (κ2) is 22.3. The van der Waals surface area contributed by atoms with Crippen molar-refractivity contribution in [3.63, 3.8) is 0 Å². The van der Waals surface area contributed by atoms with E-state index in [2.05, 4.69) is 0 Å². The molecule has 0 aromatic carbocycles. The molecule has 0 spiro atoms. The normalized spacial score (nSPS) is 17.3. The average Bonchev–Trinajstić information content (AvgIpc) is 2.46. The van der Waals surface area contributed by atoms with Crippen LogP contribution in [0.15, 0.2) is 0 Å². The molecule has 25 heavy (non-hydrogen) atoms. The summed E-state index contributed by atoms with van der Waals surface area (Å²) < 4.78 is 0. The van der Waals surface area contributed by atoms with Gasteiger partial charge in [0, 0.05) is 0 Å². The van der Waals surface area contributed by atoms with Crippen LogP contribution in [0.25, 0.3) is 0 Å². The van der Waals surface area contributed by atoms with Crippen LogP contribution >= 0.6 is 0 Å². The van der Waals surface area contributed by atoms with E-state index < -0.39 is 36.6 Å². The summed E-state index contributed by atoms with van der Waals surface area (Å²) in [7, 11) is 0. The smallest absolute Gasteiger partial charge is 0.852 e. The minimum atomic E-state index is -0.683. The maximum atomic E-state index is 10.5. The summed E-state index contributed by atoms with van der Waals surface area (Å²) in [5.74, 6) is 0. The topological polar surface area (TPSA) is 138 Å². The number of hydrogen-bond donors (Lipinski definition) is 0. The van der Waals surface area contributed by atoms with Crippen LogP contribution < -0.4 is 30.6 Å². The van der Waals surface area contributed by atoms with Crippen molar-refractivity contribution in [3.05, 3.63) is 0 Å². The van der Waals surface area contributed by atoms with Gasteiger partial charge in [-0.15, -0.1) is 36.6 Å². The van der Waals surface area contributed by atoms with Gasteiger partial charge in [0.15, 0.2) is 0 Å². The molecule has 0 aliphatic carbocycles. The summed E-state index contributed by atoms with van der Waals surface area (Å²) in [4.78, 5) is 0. The van der Waals surface area contributed by atoms with E-state index in [0.717, 1.165) is 0 Å². The predicted octanol–water partition coefficient (Wildman–Crippen LogP) is -2.21. The van der Waals surface area contributed by atoms with Gasteiger partial charge in [-0.1, -0.05) is 80.1 Å². The molecule has 0 saturated heterocycles. The molecule has 6 unspecified atom stereocenters. The van der Waals surface area contributed by atoms with E-state index >= 15 is 0 Å². The van der Waals surface area contributed by atoms with Crippen LogP contribution in [-0.4, -0.2) is 36.6 Å². The predicted molar refractivity (Wildman–Crippen MR) is 84.5 cm³/mol. The molecular formula is C18H36FeO6. The van der Waals surface area contributed by atoms with E-state index in [1.54, 1.807) is 20.8 Å². The van der Waals surface area contributed by atoms with Gasteiger partial charge in [0.05, 0.1) is 0 Å². The zero-order valence-corrected chi connectivity index (χ0v) is 17.6. The van der Waals surface area contributed by atoms with Crippen LogP contribution in [0.2, 0.25) is 0 Å². The van der Waals surface area contributed by atoms with E-state index in [-0.39, 0.29) is 36.3 Å². The van der Waals surface area contributed by atoms with Gasteiger partial charge in [-0.05, 0) is 0 Å². The van der Waals surface area contributed by atoms with Crippen molar-refractivity contribution in [1.82, 2.24) is 0 Å². The van der Waals surface area contributed by atoms with Crippen LogP contribution in [-0.2, 0) is 17.1 Å². The Kier molecular flexibility index (Phi) is 29.4. The Hall–Kier alpha value is 0.279. The van der Waals surface area contributed by atoms with E-state index in [1.807, 2.05) is 0 Å². The first-order valence-corrected chi connectivity index (χ1v) is 8.94. The molecule has 0 radical (unpaired) electrons. The van der Waals surface area contributed by atoms with E-state index in [0.29, 0.717) is 19.3 Å². The molecule has 0 fully saturated rings. The summed E-state index contributed by atoms with van der Waals surface area (Å²) in [6.07, 6.45) is -1.41. The summed E-state index contributed by atoms with van der Waals surface area (Å²) in [6.45, 7) is 10.0. The Morgan fingerprint density at radius 1 is 0.480 bits per heavy atom. The minimum absolute atomic E-state index is 0. The van der Waals surface area contributed by atoms with Crippen molar-refractivity contribution in [2.45, 2.75) is 117 Å². The maximum absolute atomic E-state index is 10.5. The van der Waals surface area contributed by atoms with Gasteiger partial charge in [-0.25, -0.2) is 0 Å². The van der Waals surface area contributed by atoms with Gasteiger partial charge >= 0.3 is 17.1 Å². The molecule has 0 rings (SSSR count). The number of hydrogen-bond acceptors (Lipinski definition) is 6. The molecule has 0 aliphatic rings. The second-order valence-electron chi connectivity index (χ2n) is 6.23. The first-order valence-electron chi connectivity index (χ1n) is 8.94. The largest absolute Gasteiger partial charge is 6.00 e. The van der Waals surface area contributed by atoms with E-state index in [4.69, 9.17) is 0 Å². The standard InChI is InChI=1S/3C6H12O2.Fe/c3*1-3-6(8)4-5(2)7;/h3*5-6H,3-4H2,1-2H3;/q3*-2;+6. The van der Waals surface area contributed by atoms with Crippen molar-refractivity contribution in [3.8, 4) is 0 Å². The fourth-order valence-corrected chi connectivity index (χ4v) is 1.61. The Balaban J connectivity index is -0.000000130. The molecule has 0 aromatic heterocycles. The van der Waals surface area contributed by atoms with Crippen LogP contribution in [0.5, 0.6) is 0 Å². The van der Waals surface area contributed by atoms with Crippen LogP contribution in [0, 0.1) is 0 Å². The Bertz CT molecular complexity index is 202. The first kappa shape index (κ1) is 32.9. The minimum Gasteiger partial charge on any atom is -0.852 e. The molecule has 7 heteroatoms. The molecule has 0 N–H and O–H groups in total. The van der Waals surface area contributed by atoms with Crippen molar-refractivity contribution < 1.29 is 47.7 Å². The Morgan fingerprint density at radius 2 is 0.640 bits per heavy atom. The molecule has 0 saturated carbocycles. The van der Waals surface area contributed by atoms with E-state index in [9.17, 15) is 30.6 Å². The summed E-state index contributed by atoms with van der Waals surface area (Å²) in [5, 5.41) is 62.4. The van der Waals surface area contributed by atoms with Gasteiger partial charge in [-0.2, -0.15) is 0 Å². The molecule has 0 bridgehead atoms. The zero-order chi connectivity index (χ0) is 19.7. The van der Waals surface area contributed by atoms with Crippen molar-refractivity contribution >= 4 is 0 Å². The molecule has 0 aromatic rings. The van der Waals surface area contributed by atoms with Gasteiger partial charge in [-0.3, -0.25) is 0 Å². The average molecular weight is 404 g/mol. The third-order valence-electron chi connectivity index (χ3n) is 3.15. The van der Waals surface area contributed by atoms with Crippen molar-refractivity contribution in [2.75, 3.05) is 0 Å². The second-order valence-corrected chi connectivity index (χ2v) is 6.23. The summed E-state index contributed by atoms with van der Waals surface area (Å²) in [5.41, 5.74) is 0. The third-order valence-corrected chi connectivity index (χ3v) is 3.15. The molecular weight excluding hydrogens is 368 g/mol. The van der Waals surface area contributed by atoms with Gasteiger partial charge in [0.1, 0.15) is 0 Å². The first-order chi connectivity index (χ1) is 11.0. The SMILES string of the molecule is CCC([O-])CC(C)[O-].CCC([O-])CC(C)[O-].CCC([O-])CC(C)[O-].[Fe+6]. The molecule has 6 nitrogen and oxygen atoms in total. The van der Waals surface area contributed by atoms with Crippen LogP contribution in [0.4, 0.5) is 0 Å². The molecule has 152 valence electrons. The van der Waals surface area contributed by atoms with Gasteiger partial charge < -0.3 is 30.6 Å². The van der Waals surface area contributed by atoms with Crippen LogP contribution in [0.3, 0.4) is 0 Å². The maximum Gasteiger partial charge on any atom is 6.00 e. The van der Waals surface area contributed by atoms with Crippen molar-refractivity contribution in [2.24, 2.45) is 0 Å². The summed E-state index contributed by atoms with van der Waals surface area (Å²) >= 11 is 0. The van der Waals surface area contributed by atoms with E-state index in [1.165, 1.54) is 20.8 Å². The van der Waals surface area contributed by atoms with Crippen LogP contribution in [0.1, 0.15) is 80.1 Å². The van der Waals surface area contributed by atoms with Crippen molar-refractivity contribution in [1.29, 1.82) is 0 Å². The summed E-state index contributed by atoms with van der Waals surface area (Å²) in [6, 6.07) is 0. The molecule has 6 atom stereocenters. The van der Waals surface area contributed by atoms with Gasteiger partial charge in [0.2, 0.25) is 0 Å². The molecule has 0 amide bonds. The molecule has 0 aliphatic heterocycles.